The molecule has 1 amide bonds. The molecule has 0 atom stereocenters. The van der Waals surface area contributed by atoms with Crippen LogP contribution in [-0.2, 0) is 0 Å². The number of benzene rings is 1. The molecule has 0 N–H and O–H groups in total. The van der Waals surface area contributed by atoms with Crippen molar-refractivity contribution in [3.05, 3.63) is 65.9 Å². The summed E-state index contributed by atoms with van der Waals surface area (Å²) in [5.74, 6) is -0.340. The minimum absolute atomic E-state index is 0.0357. The number of rotatable bonds is 3. The van der Waals surface area contributed by atoms with Crippen LogP contribution in [0.3, 0.4) is 0 Å². The highest BCUT2D eigenvalue weighted by atomic mass is 32.1. The molecule has 1 aliphatic heterocycles. The molecule has 0 unspecified atom stereocenters. The lowest BCUT2D eigenvalue weighted by Gasteiger charge is -2.34. The van der Waals surface area contributed by atoms with Gasteiger partial charge in [-0.25, -0.2) is 19.0 Å². The number of hydrogen-bond acceptors (Lipinski definition) is 6. The Morgan fingerprint density at radius 1 is 1.10 bits per heavy atom. The minimum atomic E-state index is -0.304. The van der Waals surface area contributed by atoms with Gasteiger partial charge in [-0.3, -0.25) is 4.79 Å². The number of anilines is 1. The predicted molar refractivity (Wildman–Crippen MR) is 114 cm³/mol. The third-order valence-electron chi connectivity index (χ3n) is 5.30. The van der Waals surface area contributed by atoms with E-state index in [0.29, 0.717) is 18.7 Å². The average Bonchev–Trinajstić information content (AvgIpc) is 3.38. The lowest BCUT2D eigenvalue weighted by molar-refractivity contribution is 0.0746. The normalized spacial score (nSPS) is 14.5. The first-order valence-corrected chi connectivity index (χ1v) is 10.5. The molecule has 5 rings (SSSR count). The molecule has 1 aromatic carbocycles. The van der Waals surface area contributed by atoms with Crippen molar-refractivity contribution in [2.45, 2.75) is 6.92 Å². The van der Waals surface area contributed by atoms with Crippen LogP contribution in [0.2, 0.25) is 0 Å². The molecule has 1 fully saturated rings. The Morgan fingerprint density at radius 2 is 1.87 bits per heavy atom. The Hall–Kier alpha value is -3.33. The third kappa shape index (κ3) is 3.30. The molecule has 0 saturated carbocycles. The van der Waals surface area contributed by atoms with Crippen LogP contribution < -0.4 is 4.90 Å². The first-order chi connectivity index (χ1) is 14.6. The van der Waals surface area contributed by atoms with Crippen LogP contribution in [0.5, 0.6) is 0 Å². The van der Waals surface area contributed by atoms with Crippen molar-refractivity contribution < 1.29 is 9.18 Å². The zero-order valence-corrected chi connectivity index (χ0v) is 17.1. The summed E-state index contributed by atoms with van der Waals surface area (Å²) in [6.07, 6.45) is 3.36. The van der Waals surface area contributed by atoms with Crippen LogP contribution in [-0.4, -0.2) is 56.7 Å². The zero-order valence-electron chi connectivity index (χ0n) is 16.3. The van der Waals surface area contributed by atoms with Crippen LogP contribution in [0.4, 0.5) is 9.52 Å². The van der Waals surface area contributed by atoms with E-state index in [-0.39, 0.29) is 11.7 Å². The van der Waals surface area contributed by atoms with Gasteiger partial charge in [0, 0.05) is 32.4 Å². The fourth-order valence-electron chi connectivity index (χ4n) is 3.63. The first kappa shape index (κ1) is 18.7. The van der Waals surface area contributed by atoms with E-state index in [1.807, 2.05) is 24.0 Å². The van der Waals surface area contributed by atoms with Crippen molar-refractivity contribution in [2.75, 3.05) is 31.1 Å². The van der Waals surface area contributed by atoms with Gasteiger partial charge in [-0.1, -0.05) is 11.3 Å². The Labute approximate surface area is 176 Å². The summed E-state index contributed by atoms with van der Waals surface area (Å²) in [6, 6.07) is 9.91. The maximum atomic E-state index is 13.2. The number of piperazine rings is 1. The fraction of sp³-hybridized carbons (Fsp3) is 0.238. The molecular formula is C21H19FN6OS. The van der Waals surface area contributed by atoms with E-state index < -0.39 is 0 Å². The molecule has 0 aliphatic carbocycles. The highest BCUT2D eigenvalue weighted by molar-refractivity contribution is 7.21. The molecule has 9 heteroatoms. The molecule has 0 spiro atoms. The molecule has 30 heavy (non-hydrogen) atoms. The monoisotopic (exact) mass is 422 g/mol. The van der Waals surface area contributed by atoms with Crippen LogP contribution in [0.25, 0.3) is 16.0 Å². The number of pyridine rings is 1. The number of hydrogen-bond donors (Lipinski definition) is 0. The zero-order chi connectivity index (χ0) is 20.7. The number of nitrogens with zero attached hydrogens (tertiary/aromatic N) is 6. The Balaban J connectivity index is 1.29. The molecule has 1 aliphatic rings. The van der Waals surface area contributed by atoms with Gasteiger partial charge in [-0.15, -0.1) is 0 Å². The van der Waals surface area contributed by atoms with Gasteiger partial charge in [0.05, 0.1) is 23.1 Å². The third-order valence-corrected chi connectivity index (χ3v) is 6.34. The molecule has 0 bridgehead atoms. The van der Waals surface area contributed by atoms with Gasteiger partial charge in [0.2, 0.25) is 0 Å². The maximum Gasteiger partial charge on any atom is 0.257 e. The summed E-state index contributed by atoms with van der Waals surface area (Å²) in [7, 11) is 0. The van der Waals surface area contributed by atoms with Crippen molar-refractivity contribution in [3.63, 3.8) is 0 Å². The fourth-order valence-corrected chi connectivity index (χ4v) is 4.59. The second kappa shape index (κ2) is 7.49. The van der Waals surface area contributed by atoms with Gasteiger partial charge in [0.15, 0.2) is 5.13 Å². The van der Waals surface area contributed by atoms with Crippen molar-refractivity contribution in [1.29, 1.82) is 0 Å². The van der Waals surface area contributed by atoms with E-state index in [1.54, 1.807) is 40.5 Å². The summed E-state index contributed by atoms with van der Waals surface area (Å²) in [6.45, 7) is 4.52. The number of carbonyl (C=O) groups excluding carboxylic acids is 1. The lowest BCUT2D eigenvalue weighted by Crippen LogP contribution is -2.48. The molecule has 3 aromatic heterocycles. The van der Waals surface area contributed by atoms with Crippen LogP contribution in [0.15, 0.2) is 48.8 Å². The number of aromatic nitrogens is 4. The number of carbonyl (C=O) groups is 1. The number of halogens is 1. The number of thiazole rings is 1. The van der Waals surface area contributed by atoms with E-state index in [1.165, 1.54) is 12.1 Å². The molecule has 7 nitrogen and oxygen atoms in total. The van der Waals surface area contributed by atoms with Crippen LogP contribution in [0, 0.1) is 12.7 Å². The lowest BCUT2D eigenvalue weighted by atomic mass is 10.2. The average molecular weight is 422 g/mol. The topological polar surface area (TPSA) is 67.2 Å². The van der Waals surface area contributed by atoms with Gasteiger partial charge in [-0.2, -0.15) is 5.10 Å². The molecule has 1 saturated heterocycles. The van der Waals surface area contributed by atoms with E-state index >= 15 is 0 Å². The van der Waals surface area contributed by atoms with E-state index in [9.17, 15) is 9.18 Å². The Bertz CT molecular complexity index is 1180. The smallest absolute Gasteiger partial charge is 0.257 e. The summed E-state index contributed by atoms with van der Waals surface area (Å²) in [5, 5.41) is 5.28. The van der Waals surface area contributed by atoms with Crippen molar-refractivity contribution in [2.24, 2.45) is 0 Å². The summed E-state index contributed by atoms with van der Waals surface area (Å²) < 4.78 is 14.9. The second-order valence-electron chi connectivity index (χ2n) is 7.14. The van der Waals surface area contributed by atoms with Crippen LogP contribution in [0.1, 0.15) is 16.1 Å². The van der Waals surface area contributed by atoms with Gasteiger partial charge in [0.25, 0.3) is 5.91 Å². The number of fused-ring (bicyclic) bond motifs is 1. The van der Waals surface area contributed by atoms with Crippen molar-refractivity contribution in [3.8, 4) is 5.69 Å². The molecule has 0 radical (unpaired) electrons. The Morgan fingerprint density at radius 3 is 2.60 bits per heavy atom. The standard InChI is InChI=1S/C21H19FN6OS/c1-14-17(13-24-28(14)16-6-4-15(22)5-7-16)20(29)26-9-11-27(12-10-26)21-25-18-3-2-8-23-19(18)30-21/h2-8,13H,9-12H2,1H3. The largest absolute Gasteiger partial charge is 0.344 e. The maximum absolute atomic E-state index is 13.2. The SMILES string of the molecule is Cc1c(C(=O)N2CCN(c3nc4cccnc4s3)CC2)cnn1-c1ccc(F)cc1. The van der Waals surface area contributed by atoms with Gasteiger partial charge in [-0.05, 0) is 43.3 Å². The summed E-state index contributed by atoms with van der Waals surface area (Å²) >= 11 is 1.57. The van der Waals surface area contributed by atoms with Crippen LogP contribution >= 0.6 is 11.3 Å². The van der Waals surface area contributed by atoms with E-state index in [2.05, 4.69) is 20.0 Å². The van der Waals surface area contributed by atoms with Crippen molar-refractivity contribution >= 4 is 32.7 Å². The Kier molecular flexibility index (Phi) is 4.66. The summed E-state index contributed by atoms with van der Waals surface area (Å²) in [5.41, 5.74) is 2.94. The van der Waals surface area contributed by atoms with Crippen molar-refractivity contribution in [1.82, 2.24) is 24.6 Å². The number of amides is 1. The highest BCUT2D eigenvalue weighted by Crippen LogP contribution is 2.28. The molecule has 152 valence electrons. The first-order valence-electron chi connectivity index (χ1n) is 9.66. The van der Waals surface area contributed by atoms with Gasteiger partial charge >= 0.3 is 0 Å². The van der Waals surface area contributed by atoms with E-state index in [4.69, 9.17) is 0 Å². The second-order valence-corrected chi connectivity index (χ2v) is 8.09. The highest BCUT2D eigenvalue weighted by Gasteiger charge is 2.26. The quantitative estimate of drug-likeness (QED) is 0.507. The molecule has 4 aromatic rings. The summed E-state index contributed by atoms with van der Waals surface area (Å²) in [4.78, 5) is 27.1. The molecule has 4 heterocycles. The minimum Gasteiger partial charge on any atom is -0.344 e. The van der Waals surface area contributed by atoms with Gasteiger partial charge < -0.3 is 9.80 Å². The van der Waals surface area contributed by atoms with Gasteiger partial charge in [0.1, 0.15) is 16.2 Å². The molecular weight excluding hydrogens is 403 g/mol. The predicted octanol–water partition coefficient (Wildman–Crippen LogP) is 3.29. The van der Waals surface area contributed by atoms with E-state index in [0.717, 1.165) is 39.9 Å².